The standard InChI is InChI=1S/C12H11BrN4/c13-11-7-10(8-14)1-2-12(11)16-4-6-17-5-3-15-9-17/h1-3,5,7,9,16H,4,6H2. The maximum absolute atomic E-state index is 8.75. The SMILES string of the molecule is N#Cc1ccc(NCCn2ccnc2)c(Br)c1. The zero-order chi connectivity index (χ0) is 12.1. The first-order valence-electron chi connectivity index (χ1n) is 5.19. The van der Waals surface area contributed by atoms with Crippen molar-refractivity contribution in [2.75, 3.05) is 11.9 Å². The van der Waals surface area contributed by atoms with Crippen molar-refractivity contribution in [3.8, 4) is 6.07 Å². The summed E-state index contributed by atoms with van der Waals surface area (Å²) < 4.78 is 2.91. The van der Waals surface area contributed by atoms with Crippen LogP contribution in [-0.4, -0.2) is 16.1 Å². The van der Waals surface area contributed by atoms with Gasteiger partial charge in [-0.25, -0.2) is 4.98 Å². The van der Waals surface area contributed by atoms with Crippen LogP contribution in [0.5, 0.6) is 0 Å². The van der Waals surface area contributed by atoms with Gasteiger partial charge in [0, 0.05) is 35.6 Å². The zero-order valence-electron chi connectivity index (χ0n) is 9.10. The molecule has 5 heteroatoms. The zero-order valence-corrected chi connectivity index (χ0v) is 10.7. The average molecular weight is 291 g/mol. The number of nitrogens with one attached hydrogen (secondary N) is 1. The lowest BCUT2D eigenvalue weighted by Gasteiger charge is -2.09. The lowest BCUT2D eigenvalue weighted by atomic mass is 10.2. The topological polar surface area (TPSA) is 53.6 Å². The second-order valence-corrected chi connectivity index (χ2v) is 4.39. The quantitative estimate of drug-likeness (QED) is 0.942. The van der Waals surface area contributed by atoms with E-state index in [2.05, 4.69) is 32.3 Å². The number of hydrogen-bond acceptors (Lipinski definition) is 3. The number of imidazole rings is 1. The van der Waals surface area contributed by atoms with E-state index in [1.54, 1.807) is 24.7 Å². The molecule has 1 aromatic heterocycles. The van der Waals surface area contributed by atoms with Crippen molar-refractivity contribution in [1.82, 2.24) is 9.55 Å². The molecule has 1 heterocycles. The predicted octanol–water partition coefficient (Wildman–Crippen LogP) is 2.63. The van der Waals surface area contributed by atoms with Crippen LogP contribution in [0.4, 0.5) is 5.69 Å². The number of aromatic nitrogens is 2. The highest BCUT2D eigenvalue weighted by Crippen LogP contribution is 2.23. The predicted molar refractivity (Wildman–Crippen MR) is 69.6 cm³/mol. The number of nitrogens with zero attached hydrogens (tertiary/aromatic N) is 3. The lowest BCUT2D eigenvalue weighted by Crippen LogP contribution is -2.09. The first-order chi connectivity index (χ1) is 8.29. The monoisotopic (exact) mass is 290 g/mol. The van der Waals surface area contributed by atoms with E-state index < -0.39 is 0 Å². The third-order valence-corrected chi connectivity index (χ3v) is 3.00. The van der Waals surface area contributed by atoms with E-state index in [0.717, 1.165) is 23.2 Å². The first-order valence-corrected chi connectivity index (χ1v) is 5.98. The highest BCUT2D eigenvalue weighted by atomic mass is 79.9. The third kappa shape index (κ3) is 3.08. The Hall–Kier alpha value is -1.80. The Labute approximate surface area is 108 Å². The molecule has 0 radical (unpaired) electrons. The number of nitriles is 1. The number of hydrogen-bond donors (Lipinski definition) is 1. The van der Waals surface area contributed by atoms with Crippen LogP contribution in [0.1, 0.15) is 5.56 Å². The molecule has 0 bridgehead atoms. The van der Waals surface area contributed by atoms with Crippen molar-refractivity contribution < 1.29 is 0 Å². The van der Waals surface area contributed by atoms with E-state index in [4.69, 9.17) is 5.26 Å². The summed E-state index contributed by atoms with van der Waals surface area (Å²) in [7, 11) is 0. The molecular formula is C12H11BrN4. The Morgan fingerprint density at radius 2 is 2.35 bits per heavy atom. The summed E-state index contributed by atoms with van der Waals surface area (Å²) in [5.74, 6) is 0. The summed E-state index contributed by atoms with van der Waals surface area (Å²) in [5.41, 5.74) is 1.64. The summed E-state index contributed by atoms with van der Waals surface area (Å²) in [6.07, 6.45) is 5.47. The van der Waals surface area contributed by atoms with Crippen molar-refractivity contribution in [2.24, 2.45) is 0 Å². The minimum absolute atomic E-state index is 0.650. The maximum atomic E-state index is 8.75. The average Bonchev–Trinajstić information content (AvgIpc) is 2.84. The second-order valence-electron chi connectivity index (χ2n) is 3.53. The van der Waals surface area contributed by atoms with E-state index in [1.165, 1.54) is 0 Å². The molecule has 4 nitrogen and oxygen atoms in total. The van der Waals surface area contributed by atoms with Gasteiger partial charge in [-0.05, 0) is 34.1 Å². The number of anilines is 1. The van der Waals surface area contributed by atoms with E-state index in [1.807, 2.05) is 16.8 Å². The van der Waals surface area contributed by atoms with Gasteiger partial charge in [-0.15, -0.1) is 0 Å². The van der Waals surface area contributed by atoms with Crippen molar-refractivity contribution in [3.05, 3.63) is 47.0 Å². The van der Waals surface area contributed by atoms with Crippen LogP contribution in [0, 0.1) is 11.3 Å². The molecule has 1 N–H and O–H groups in total. The van der Waals surface area contributed by atoms with Crippen LogP contribution in [0.2, 0.25) is 0 Å². The minimum atomic E-state index is 0.650. The van der Waals surface area contributed by atoms with Crippen LogP contribution < -0.4 is 5.32 Å². The van der Waals surface area contributed by atoms with E-state index in [9.17, 15) is 0 Å². The lowest BCUT2D eigenvalue weighted by molar-refractivity contribution is 0.727. The Morgan fingerprint density at radius 1 is 1.47 bits per heavy atom. The summed E-state index contributed by atoms with van der Waals surface area (Å²) in [5, 5.41) is 12.1. The molecule has 2 aromatic rings. The van der Waals surface area contributed by atoms with Gasteiger partial charge in [0.15, 0.2) is 0 Å². The third-order valence-electron chi connectivity index (χ3n) is 2.34. The van der Waals surface area contributed by atoms with Crippen LogP contribution in [0.25, 0.3) is 0 Å². The van der Waals surface area contributed by atoms with Crippen LogP contribution in [0.15, 0.2) is 41.4 Å². The Morgan fingerprint density at radius 3 is 3.00 bits per heavy atom. The van der Waals surface area contributed by atoms with Crippen LogP contribution in [0.3, 0.4) is 0 Å². The van der Waals surface area contributed by atoms with Gasteiger partial charge in [-0.2, -0.15) is 5.26 Å². The molecule has 0 atom stereocenters. The van der Waals surface area contributed by atoms with E-state index in [-0.39, 0.29) is 0 Å². The molecule has 0 aliphatic carbocycles. The van der Waals surface area contributed by atoms with Gasteiger partial charge in [-0.1, -0.05) is 0 Å². The van der Waals surface area contributed by atoms with E-state index >= 15 is 0 Å². The van der Waals surface area contributed by atoms with Gasteiger partial charge in [-0.3, -0.25) is 0 Å². The van der Waals surface area contributed by atoms with Gasteiger partial charge >= 0.3 is 0 Å². The molecule has 0 aliphatic rings. The molecule has 17 heavy (non-hydrogen) atoms. The fourth-order valence-corrected chi connectivity index (χ4v) is 1.99. The molecule has 86 valence electrons. The van der Waals surface area contributed by atoms with Crippen LogP contribution in [-0.2, 0) is 6.54 Å². The van der Waals surface area contributed by atoms with Gasteiger partial charge in [0.1, 0.15) is 0 Å². The molecule has 0 saturated carbocycles. The molecule has 0 amide bonds. The van der Waals surface area contributed by atoms with Gasteiger partial charge < -0.3 is 9.88 Å². The Kier molecular flexibility index (Phi) is 3.78. The molecule has 0 unspecified atom stereocenters. The molecule has 1 aromatic carbocycles. The Bertz CT molecular complexity index is 528. The van der Waals surface area contributed by atoms with E-state index in [0.29, 0.717) is 5.56 Å². The van der Waals surface area contributed by atoms with Gasteiger partial charge in [0.2, 0.25) is 0 Å². The summed E-state index contributed by atoms with van der Waals surface area (Å²) in [6, 6.07) is 7.60. The Balaban J connectivity index is 1.93. The van der Waals surface area contributed by atoms with Crippen molar-refractivity contribution in [1.29, 1.82) is 5.26 Å². The second kappa shape index (κ2) is 5.51. The molecule has 0 spiro atoms. The highest BCUT2D eigenvalue weighted by Gasteiger charge is 2.00. The van der Waals surface area contributed by atoms with Crippen molar-refractivity contribution >= 4 is 21.6 Å². The largest absolute Gasteiger partial charge is 0.382 e. The summed E-state index contributed by atoms with van der Waals surface area (Å²) in [6.45, 7) is 1.66. The maximum Gasteiger partial charge on any atom is 0.0992 e. The van der Waals surface area contributed by atoms with Gasteiger partial charge in [0.05, 0.1) is 18.0 Å². The molecular weight excluding hydrogens is 280 g/mol. The fraction of sp³-hybridized carbons (Fsp3) is 0.167. The molecule has 0 fully saturated rings. The van der Waals surface area contributed by atoms with Gasteiger partial charge in [0.25, 0.3) is 0 Å². The number of rotatable bonds is 4. The normalized spacial score (nSPS) is 9.88. The van der Waals surface area contributed by atoms with Crippen molar-refractivity contribution in [2.45, 2.75) is 6.54 Å². The fourth-order valence-electron chi connectivity index (χ4n) is 1.47. The molecule has 2 rings (SSSR count). The smallest absolute Gasteiger partial charge is 0.0992 e. The van der Waals surface area contributed by atoms with Crippen LogP contribution >= 0.6 is 15.9 Å². The minimum Gasteiger partial charge on any atom is -0.382 e. The first kappa shape index (κ1) is 11.7. The molecule has 0 aliphatic heterocycles. The summed E-state index contributed by atoms with van der Waals surface area (Å²) >= 11 is 3.43. The van der Waals surface area contributed by atoms with Crippen molar-refractivity contribution in [3.63, 3.8) is 0 Å². The highest BCUT2D eigenvalue weighted by molar-refractivity contribution is 9.10. The molecule has 0 saturated heterocycles. The number of benzene rings is 1. The summed E-state index contributed by atoms with van der Waals surface area (Å²) in [4.78, 5) is 3.98. The number of halogens is 1.